The fraction of sp³-hybridized carbons (Fsp3) is 0.579. The van der Waals surface area contributed by atoms with Gasteiger partial charge in [-0.3, -0.25) is 9.78 Å². The number of carbonyl (C=O) groups excluding carboxylic acids is 2. The summed E-state index contributed by atoms with van der Waals surface area (Å²) in [6.45, 7) is 12.1. The van der Waals surface area contributed by atoms with Crippen LogP contribution in [-0.4, -0.2) is 53.7 Å². The molecule has 0 aromatic carbocycles. The summed E-state index contributed by atoms with van der Waals surface area (Å²) in [5.74, 6) is 0.222. The second kappa shape index (κ2) is 10.5. The molecule has 0 aliphatic carbocycles. The third-order valence-electron chi connectivity index (χ3n) is 3.21. The lowest BCUT2D eigenvalue weighted by atomic mass is 10.1. The number of guanidine groups is 1. The Labute approximate surface area is 166 Å². The summed E-state index contributed by atoms with van der Waals surface area (Å²) in [6, 6.07) is 3.49. The van der Waals surface area contributed by atoms with Crippen molar-refractivity contribution in [1.82, 2.24) is 20.9 Å². The van der Waals surface area contributed by atoms with E-state index in [1.165, 1.54) is 0 Å². The van der Waals surface area contributed by atoms with Gasteiger partial charge in [-0.15, -0.1) is 0 Å². The van der Waals surface area contributed by atoms with Crippen LogP contribution in [0, 0.1) is 0 Å². The van der Waals surface area contributed by atoms with Crippen LogP contribution in [0.2, 0.25) is 0 Å². The molecule has 1 aromatic heterocycles. The molecule has 0 bridgehead atoms. The number of carbonyl (C=O) groups is 2. The molecule has 9 heteroatoms. The third-order valence-corrected chi connectivity index (χ3v) is 3.21. The van der Waals surface area contributed by atoms with Crippen molar-refractivity contribution >= 4 is 23.6 Å². The number of rotatable bonds is 7. The largest absolute Gasteiger partial charge is 0.444 e. The maximum Gasteiger partial charge on any atom is 0.408 e. The normalized spacial score (nSPS) is 12.1. The fourth-order valence-electron chi connectivity index (χ4n) is 2.06. The average Bonchev–Trinajstić information content (AvgIpc) is 2.56. The molecule has 1 heterocycles. The molecule has 4 N–H and O–H groups in total. The van der Waals surface area contributed by atoms with Crippen LogP contribution in [0.25, 0.3) is 0 Å². The van der Waals surface area contributed by atoms with Gasteiger partial charge in [0.15, 0.2) is 5.96 Å². The molecule has 0 aliphatic rings. The summed E-state index contributed by atoms with van der Waals surface area (Å²) in [4.78, 5) is 32.2. The number of amides is 2. The van der Waals surface area contributed by atoms with Crippen molar-refractivity contribution in [3.63, 3.8) is 0 Å². The number of alkyl carbamates (subject to hydrolysis) is 1. The first-order valence-corrected chi connectivity index (χ1v) is 9.24. The minimum atomic E-state index is -0.587. The smallest absolute Gasteiger partial charge is 0.408 e. The Hall–Kier alpha value is -2.84. The Balaban J connectivity index is 2.57. The number of ether oxygens (including phenoxy) is 1. The summed E-state index contributed by atoms with van der Waals surface area (Å²) < 4.78 is 5.28. The molecule has 9 nitrogen and oxygen atoms in total. The van der Waals surface area contributed by atoms with E-state index in [1.54, 1.807) is 24.5 Å². The number of pyridine rings is 1. The van der Waals surface area contributed by atoms with Crippen molar-refractivity contribution in [2.45, 2.75) is 52.7 Å². The second-order valence-corrected chi connectivity index (χ2v) is 7.85. The average molecular weight is 393 g/mol. The summed E-state index contributed by atoms with van der Waals surface area (Å²) in [5, 5.41) is 11.7. The van der Waals surface area contributed by atoms with Crippen molar-refractivity contribution in [3.05, 3.63) is 24.5 Å². The summed E-state index contributed by atoms with van der Waals surface area (Å²) in [6.07, 6.45) is 2.71. The van der Waals surface area contributed by atoms with Crippen molar-refractivity contribution in [1.29, 1.82) is 0 Å². The van der Waals surface area contributed by atoms with E-state index in [1.807, 2.05) is 41.5 Å². The zero-order valence-corrected chi connectivity index (χ0v) is 17.5. The van der Waals surface area contributed by atoms with Crippen LogP contribution in [0.5, 0.6) is 0 Å². The first kappa shape index (κ1) is 23.2. The molecule has 0 unspecified atom stereocenters. The van der Waals surface area contributed by atoms with Crippen molar-refractivity contribution < 1.29 is 14.3 Å². The molecule has 0 fully saturated rings. The van der Waals surface area contributed by atoms with Crippen LogP contribution in [0.3, 0.4) is 0 Å². The minimum Gasteiger partial charge on any atom is -0.444 e. The molecule has 156 valence electrons. The number of aromatic nitrogens is 1. The van der Waals surface area contributed by atoms with E-state index in [2.05, 4.69) is 31.2 Å². The van der Waals surface area contributed by atoms with Gasteiger partial charge in [-0.05, 0) is 53.7 Å². The molecule has 1 rings (SSSR count). The van der Waals surface area contributed by atoms with E-state index in [0.29, 0.717) is 24.7 Å². The number of hydrogen-bond donors (Lipinski definition) is 4. The van der Waals surface area contributed by atoms with Crippen LogP contribution < -0.4 is 21.3 Å². The van der Waals surface area contributed by atoms with Crippen LogP contribution in [0.1, 0.15) is 41.5 Å². The molecule has 0 aliphatic heterocycles. The van der Waals surface area contributed by atoms with E-state index >= 15 is 0 Å². The Kier molecular flexibility index (Phi) is 8.69. The van der Waals surface area contributed by atoms with Crippen LogP contribution in [-0.2, 0) is 9.53 Å². The Morgan fingerprint density at radius 3 is 2.46 bits per heavy atom. The quantitative estimate of drug-likeness (QED) is 0.416. The maximum absolute atomic E-state index is 12.0. The molecule has 28 heavy (non-hydrogen) atoms. The van der Waals surface area contributed by atoms with Crippen molar-refractivity contribution in [3.8, 4) is 0 Å². The summed E-state index contributed by atoms with van der Waals surface area (Å²) in [7, 11) is 0. The van der Waals surface area contributed by atoms with E-state index < -0.39 is 17.2 Å². The van der Waals surface area contributed by atoms with E-state index in [4.69, 9.17) is 4.74 Å². The number of anilines is 1. The minimum absolute atomic E-state index is 0.0514. The van der Waals surface area contributed by atoms with Gasteiger partial charge in [-0.1, -0.05) is 0 Å². The monoisotopic (exact) mass is 392 g/mol. The van der Waals surface area contributed by atoms with Gasteiger partial charge in [0.05, 0.1) is 17.4 Å². The molecule has 0 saturated heterocycles. The van der Waals surface area contributed by atoms with Gasteiger partial charge in [-0.25, -0.2) is 9.79 Å². The molecule has 0 atom stereocenters. The molecular weight excluding hydrogens is 360 g/mol. The molecule has 1 aromatic rings. The first-order valence-electron chi connectivity index (χ1n) is 9.24. The second-order valence-electron chi connectivity index (χ2n) is 7.85. The lowest BCUT2D eigenvalue weighted by molar-refractivity contribution is -0.114. The Morgan fingerprint density at radius 1 is 1.18 bits per heavy atom. The van der Waals surface area contributed by atoms with Gasteiger partial charge >= 0.3 is 6.09 Å². The van der Waals surface area contributed by atoms with Gasteiger partial charge in [0, 0.05) is 19.3 Å². The van der Waals surface area contributed by atoms with Crippen molar-refractivity contribution in [2.75, 3.05) is 25.0 Å². The predicted molar refractivity (Wildman–Crippen MR) is 110 cm³/mol. The van der Waals surface area contributed by atoms with Gasteiger partial charge in [0.25, 0.3) is 0 Å². The van der Waals surface area contributed by atoms with Crippen molar-refractivity contribution in [2.24, 2.45) is 4.99 Å². The van der Waals surface area contributed by atoms with E-state index in [0.717, 1.165) is 0 Å². The summed E-state index contributed by atoms with van der Waals surface area (Å²) >= 11 is 0. The zero-order chi connectivity index (χ0) is 21.2. The SMILES string of the molecule is CCNC(=NCC(=O)Nc1cccnc1)NCC(C)(C)NC(=O)OC(C)(C)C. The molecule has 0 radical (unpaired) electrons. The van der Waals surface area contributed by atoms with Gasteiger partial charge in [-0.2, -0.15) is 0 Å². The molecule has 2 amide bonds. The van der Waals surface area contributed by atoms with Gasteiger partial charge in [0.1, 0.15) is 12.1 Å². The lowest BCUT2D eigenvalue weighted by Gasteiger charge is -2.29. The number of nitrogens with zero attached hydrogens (tertiary/aromatic N) is 2. The number of aliphatic imine (C=N–C) groups is 1. The van der Waals surface area contributed by atoms with Crippen LogP contribution in [0.15, 0.2) is 29.5 Å². The van der Waals surface area contributed by atoms with E-state index in [-0.39, 0.29) is 12.5 Å². The van der Waals surface area contributed by atoms with Crippen LogP contribution >= 0.6 is 0 Å². The zero-order valence-electron chi connectivity index (χ0n) is 17.5. The standard InChI is InChI=1S/C19H32N6O3/c1-7-21-16(22-12-15(26)24-14-9-8-10-20-11-14)23-13-19(5,6)25-17(27)28-18(2,3)4/h8-11H,7,12-13H2,1-6H3,(H,24,26)(H,25,27)(H2,21,22,23). The number of hydrogen-bond acceptors (Lipinski definition) is 5. The van der Waals surface area contributed by atoms with Crippen LogP contribution in [0.4, 0.5) is 10.5 Å². The lowest BCUT2D eigenvalue weighted by Crippen LogP contribution is -2.54. The Bertz CT molecular complexity index is 668. The number of nitrogens with one attached hydrogen (secondary N) is 4. The molecular formula is C19H32N6O3. The topological polar surface area (TPSA) is 117 Å². The highest BCUT2D eigenvalue weighted by Crippen LogP contribution is 2.09. The van der Waals surface area contributed by atoms with Gasteiger partial charge < -0.3 is 26.0 Å². The predicted octanol–water partition coefficient (Wildman–Crippen LogP) is 1.88. The fourth-order valence-corrected chi connectivity index (χ4v) is 2.06. The highest BCUT2D eigenvalue weighted by Gasteiger charge is 2.24. The molecule has 0 saturated carbocycles. The van der Waals surface area contributed by atoms with Gasteiger partial charge in [0.2, 0.25) is 5.91 Å². The summed E-state index contributed by atoms with van der Waals surface area (Å²) in [5.41, 5.74) is -0.536. The Morgan fingerprint density at radius 2 is 1.89 bits per heavy atom. The maximum atomic E-state index is 12.0. The highest BCUT2D eigenvalue weighted by atomic mass is 16.6. The highest BCUT2D eigenvalue weighted by molar-refractivity contribution is 5.93. The molecule has 0 spiro atoms. The third kappa shape index (κ3) is 10.3. The van der Waals surface area contributed by atoms with E-state index in [9.17, 15) is 9.59 Å². The first-order chi connectivity index (χ1) is 13.0.